The second-order valence-corrected chi connectivity index (χ2v) is 3.45. The van der Waals surface area contributed by atoms with Crippen molar-refractivity contribution in [3.63, 3.8) is 0 Å². The lowest BCUT2D eigenvalue weighted by Crippen LogP contribution is -2.09. The molecule has 0 radical (unpaired) electrons. The molecule has 0 saturated heterocycles. The molecule has 0 saturated carbocycles. The molecule has 0 aliphatic heterocycles. The Hall–Kier alpha value is -1.90. The number of ketones is 1. The molecule has 3 heteroatoms. The van der Waals surface area contributed by atoms with Crippen LogP contribution in [0.2, 0.25) is 0 Å². The van der Waals surface area contributed by atoms with E-state index in [0.29, 0.717) is 12.2 Å². The molecule has 1 aromatic heterocycles. The first kappa shape index (κ1) is 9.65. The Morgan fingerprint density at radius 1 is 1.33 bits per heavy atom. The van der Waals surface area contributed by atoms with Gasteiger partial charge in [-0.15, -0.1) is 0 Å². The molecule has 0 atom stereocenters. The lowest BCUT2D eigenvalue weighted by molar-refractivity contribution is 0.0980. The highest BCUT2D eigenvalue weighted by molar-refractivity contribution is 5.94. The SMILES string of the molecule is Cn1ccnc1C(=O)Cc1ccccc1. The highest BCUT2D eigenvalue weighted by Crippen LogP contribution is 2.05. The molecule has 3 nitrogen and oxygen atoms in total. The summed E-state index contributed by atoms with van der Waals surface area (Å²) < 4.78 is 1.74. The van der Waals surface area contributed by atoms with Crippen LogP contribution in [-0.2, 0) is 13.5 Å². The fourth-order valence-electron chi connectivity index (χ4n) is 1.49. The first-order chi connectivity index (χ1) is 7.27. The van der Waals surface area contributed by atoms with Gasteiger partial charge >= 0.3 is 0 Å². The highest BCUT2D eigenvalue weighted by atomic mass is 16.1. The molecule has 0 aliphatic carbocycles. The maximum atomic E-state index is 11.8. The zero-order chi connectivity index (χ0) is 10.7. The van der Waals surface area contributed by atoms with Gasteiger partial charge in [0, 0.05) is 25.9 Å². The van der Waals surface area contributed by atoms with Gasteiger partial charge < -0.3 is 4.57 Å². The number of imidazole rings is 1. The lowest BCUT2D eigenvalue weighted by Gasteiger charge is -2.00. The van der Waals surface area contributed by atoms with E-state index in [1.807, 2.05) is 37.4 Å². The average molecular weight is 200 g/mol. The molecular formula is C12H12N2O. The summed E-state index contributed by atoms with van der Waals surface area (Å²) in [6, 6.07) is 9.69. The highest BCUT2D eigenvalue weighted by Gasteiger charge is 2.10. The summed E-state index contributed by atoms with van der Waals surface area (Å²) in [6.07, 6.45) is 3.82. The molecule has 2 rings (SSSR count). The second-order valence-electron chi connectivity index (χ2n) is 3.45. The number of aromatic nitrogens is 2. The van der Waals surface area contributed by atoms with E-state index in [0.717, 1.165) is 5.56 Å². The van der Waals surface area contributed by atoms with E-state index in [-0.39, 0.29) is 5.78 Å². The van der Waals surface area contributed by atoms with Gasteiger partial charge in [-0.25, -0.2) is 4.98 Å². The standard InChI is InChI=1S/C12H12N2O/c1-14-8-7-13-12(14)11(15)9-10-5-3-2-4-6-10/h2-8H,9H2,1H3. The van der Waals surface area contributed by atoms with Crippen LogP contribution in [-0.4, -0.2) is 15.3 Å². The van der Waals surface area contributed by atoms with Crippen molar-refractivity contribution in [2.24, 2.45) is 7.05 Å². The molecule has 76 valence electrons. The van der Waals surface area contributed by atoms with E-state index in [4.69, 9.17) is 0 Å². The van der Waals surface area contributed by atoms with Crippen LogP contribution in [0.5, 0.6) is 0 Å². The molecule has 1 aromatic carbocycles. The minimum absolute atomic E-state index is 0.0497. The Morgan fingerprint density at radius 3 is 2.67 bits per heavy atom. The summed E-state index contributed by atoms with van der Waals surface area (Å²) in [7, 11) is 1.82. The van der Waals surface area contributed by atoms with Crippen molar-refractivity contribution >= 4 is 5.78 Å². The van der Waals surface area contributed by atoms with Crippen molar-refractivity contribution in [1.29, 1.82) is 0 Å². The van der Waals surface area contributed by atoms with Crippen LogP contribution in [0.25, 0.3) is 0 Å². The summed E-state index contributed by atoms with van der Waals surface area (Å²) >= 11 is 0. The smallest absolute Gasteiger partial charge is 0.202 e. The van der Waals surface area contributed by atoms with Gasteiger partial charge in [0.1, 0.15) is 0 Å². The van der Waals surface area contributed by atoms with Crippen LogP contribution < -0.4 is 0 Å². The molecule has 0 N–H and O–H groups in total. The van der Waals surface area contributed by atoms with Gasteiger partial charge in [-0.1, -0.05) is 30.3 Å². The molecule has 0 spiro atoms. The zero-order valence-corrected chi connectivity index (χ0v) is 8.55. The van der Waals surface area contributed by atoms with Crippen LogP contribution in [0.3, 0.4) is 0 Å². The number of rotatable bonds is 3. The molecule has 0 aliphatic rings. The molecular weight excluding hydrogens is 188 g/mol. The largest absolute Gasteiger partial charge is 0.332 e. The fraction of sp³-hybridized carbons (Fsp3) is 0.167. The predicted octanol–water partition coefficient (Wildman–Crippen LogP) is 1.85. The quantitative estimate of drug-likeness (QED) is 0.709. The Bertz CT molecular complexity index is 459. The van der Waals surface area contributed by atoms with Gasteiger partial charge in [0.15, 0.2) is 5.82 Å². The zero-order valence-electron chi connectivity index (χ0n) is 8.55. The Labute approximate surface area is 88.4 Å². The van der Waals surface area contributed by atoms with Gasteiger partial charge in [-0.2, -0.15) is 0 Å². The van der Waals surface area contributed by atoms with Crippen LogP contribution >= 0.6 is 0 Å². The number of Topliss-reactive ketones (excluding diaryl/α,β-unsaturated/α-hetero) is 1. The van der Waals surface area contributed by atoms with Crippen LogP contribution in [0.1, 0.15) is 16.2 Å². The third kappa shape index (κ3) is 2.13. The number of benzene rings is 1. The number of hydrogen-bond donors (Lipinski definition) is 0. The number of nitrogens with zero attached hydrogens (tertiary/aromatic N) is 2. The number of aryl methyl sites for hydroxylation is 1. The van der Waals surface area contributed by atoms with Gasteiger partial charge in [0.2, 0.25) is 5.78 Å². The Morgan fingerprint density at radius 2 is 2.07 bits per heavy atom. The van der Waals surface area contributed by atoms with Crippen molar-refractivity contribution in [2.45, 2.75) is 6.42 Å². The maximum Gasteiger partial charge on any atom is 0.202 e. The first-order valence-corrected chi connectivity index (χ1v) is 4.82. The fourth-order valence-corrected chi connectivity index (χ4v) is 1.49. The van der Waals surface area contributed by atoms with Crippen molar-refractivity contribution in [2.75, 3.05) is 0 Å². The van der Waals surface area contributed by atoms with Crippen LogP contribution in [0.4, 0.5) is 0 Å². The molecule has 1 heterocycles. The van der Waals surface area contributed by atoms with Crippen LogP contribution in [0.15, 0.2) is 42.7 Å². The number of hydrogen-bond acceptors (Lipinski definition) is 2. The normalized spacial score (nSPS) is 10.2. The average Bonchev–Trinajstić information content (AvgIpc) is 2.66. The van der Waals surface area contributed by atoms with E-state index in [2.05, 4.69) is 4.98 Å². The number of carbonyl (C=O) groups is 1. The van der Waals surface area contributed by atoms with Gasteiger partial charge in [0.05, 0.1) is 0 Å². The van der Waals surface area contributed by atoms with E-state index in [9.17, 15) is 4.79 Å². The topological polar surface area (TPSA) is 34.9 Å². The minimum atomic E-state index is 0.0497. The second kappa shape index (κ2) is 4.09. The minimum Gasteiger partial charge on any atom is -0.332 e. The number of carbonyl (C=O) groups excluding carboxylic acids is 1. The Balaban J connectivity index is 2.15. The summed E-state index contributed by atoms with van der Waals surface area (Å²) in [5, 5.41) is 0. The van der Waals surface area contributed by atoms with Crippen molar-refractivity contribution in [3.8, 4) is 0 Å². The van der Waals surface area contributed by atoms with E-state index in [1.54, 1.807) is 17.0 Å². The van der Waals surface area contributed by atoms with E-state index in [1.165, 1.54) is 0 Å². The van der Waals surface area contributed by atoms with E-state index >= 15 is 0 Å². The molecule has 2 aromatic rings. The molecule has 0 bridgehead atoms. The van der Waals surface area contributed by atoms with Gasteiger partial charge in [0.25, 0.3) is 0 Å². The van der Waals surface area contributed by atoms with E-state index < -0.39 is 0 Å². The maximum absolute atomic E-state index is 11.8. The van der Waals surface area contributed by atoms with Crippen molar-refractivity contribution < 1.29 is 4.79 Å². The van der Waals surface area contributed by atoms with Crippen LogP contribution in [0, 0.1) is 0 Å². The summed E-state index contributed by atoms with van der Waals surface area (Å²) in [6.45, 7) is 0. The predicted molar refractivity (Wildman–Crippen MR) is 57.7 cm³/mol. The summed E-state index contributed by atoms with van der Waals surface area (Å²) in [5.74, 6) is 0.563. The summed E-state index contributed by atoms with van der Waals surface area (Å²) in [4.78, 5) is 15.8. The molecule has 15 heavy (non-hydrogen) atoms. The monoisotopic (exact) mass is 200 g/mol. The molecule has 0 fully saturated rings. The third-order valence-electron chi connectivity index (χ3n) is 2.28. The molecule has 0 amide bonds. The Kier molecular flexibility index (Phi) is 2.63. The summed E-state index contributed by atoms with van der Waals surface area (Å²) in [5.41, 5.74) is 1.02. The lowest BCUT2D eigenvalue weighted by atomic mass is 10.1. The van der Waals surface area contributed by atoms with Crippen molar-refractivity contribution in [3.05, 3.63) is 54.1 Å². The molecule has 0 unspecified atom stereocenters. The first-order valence-electron chi connectivity index (χ1n) is 4.82. The van der Waals surface area contributed by atoms with Gasteiger partial charge in [-0.05, 0) is 5.56 Å². The van der Waals surface area contributed by atoms with Crippen molar-refractivity contribution in [1.82, 2.24) is 9.55 Å². The third-order valence-corrected chi connectivity index (χ3v) is 2.28. The van der Waals surface area contributed by atoms with Gasteiger partial charge in [-0.3, -0.25) is 4.79 Å².